The number of nitrogens with zero attached hydrogens (tertiary/aromatic N) is 2. The van der Waals surface area contributed by atoms with Crippen LogP contribution in [0.1, 0.15) is 18.1 Å². The van der Waals surface area contributed by atoms with E-state index in [1.165, 1.54) is 4.91 Å². The first-order valence-corrected chi connectivity index (χ1v) is 8.94. The molecule has 2 aliphatic rings. The molecular formula is C18H14BrCl2N3S. The number of amidine groups is 1. The Hall–Kier alpha value is -1.40. The van der Waals surface area contributed by atoms with Crippen molar-refractivity contribution in [2.24, 2.45) is 5.10 Å². The lowest BCUT2D eigenvalue weighted by molar-refractivity contribution is 0.757. The number of thioether (sulfide) groups is 1. The second-order valence-electron chi connectivity index (χ2n) is 5.44. The molecule has 0 unspecified atom stereocenters. The molecule has 2 heterocycles. The summed E-state index contributed by atoms with van der Waals surface area (Å²) >= 11 is 13.6. The number of nitrogens with one attached hydrogen (secondary N) is 1. The molecule has 0 radical (unpaired) electrons. The van der Waals surface area contributed by atoms with Gasteiger partial charge in [0.1, 0.15) is 0 Å². The van der Waals surface area contributed by atoms with Crippen LogP contribution in [-0.4, -0.2) is 10.1 Å². The van der Waals surface area contributed by atoms with Crippen LogP contribution in [0, 0.1) is 0 Å². The third-order valence-corrected chi connectivity index (χ3v) is 5.30. The topological polar surface area (TPSA) is 27.6 Å². The molecule has 0 atom stereocenters. The van der Waals surface area contributed by atoms with Gasteiger partial charge in [0, 0.05) is 26.7 Å². The van der Waals surface area contributed by atoms with E-state index in [-0.39, 0.29) is 17.0 Å². The van der Waals surface area contributed by atoms with Gasteiger partial charge in [0.2, 0.25) is 0 Å². The van der Waals surface area contributed by atoms with Crippen molar-refractivity contribution >= 4 is 68.5 Å². The number of hydrogen-bond donors (Lipinski definition) is 1. The average Bonchev–Trinajstić information content (AvgIpc) is 2.91. The molecule has 0 aliphatic carbocycles. The maximum absolute atomic E-state index is 6.02. The molecule has 2 aromatic rings. The van der Waals surface area contributed by atoms with E-state index in [0.29, 0.717) is 5.02 Å². The fourth-order valence-electron chi connectivity index (χ4n) is 2.68. The third kappa shape index (κ3) is 3.60. The Balaban J connectivity index is 0.00000182. The van der Waals surface area contributed by atoms with Crippen LogP contribution in [0.3, 0.4) is 0 Å². The predicted octanol–water partition coefficient (Wildman–Crippen LogP) is 6.18. The number of halogens is 3. The Bertz CT molecular complexity index is 890. The fraction of sp³-hybridized carbons (Fsp3) is 0.0556. The fourth-order valence-corrected chi connectivity index (χ4v) is 3.85. The normalized spacial score (nSPS) is 15.9. The van der Waals surface area contributed by atoms with Crippen LogP contribution in [0.25, 0.3) is 11.4 Å². The van der Waals surface area contributed by atoms with Crippen LogP contribution in [0.15, 0.2) is 64.7 Å². The molecule has 7 heteroatoms. The van der Waals surface area contributed by atoms with Gasteiger partial charge in [-0.1, -0.05) is 59.2 Å². The summed E-state index contributed by atoms with van der Waals surface area (Å²) in [5.41, 5.74) is 7.33. The molecule has 0 amide bonds. The molecule has 4 rings (SSSR count). The van der Waals surface area contributed by atoms with Crippen LogP contribution in [0.5, 0.6) is 0 Å². The summed E-state index contributed by atoms with van der Waals surface area (Å²) in [7, 11) is 0. The standard InChI is InChI=1S/C18H13Cl2N3S.BrH/c1-11-17(13-4-8-15(20)9-5-13)23-10-16(21-22-18(23)24-11)12-2-6-14(19)7-3-12;/h2-10,21H,1H3;1H. The minimum Gasteiger partial charge on any atom is -0.291 e. The summed E-state index contributed by atoms with van der Waals surface area (Å²) in [6.45, 7) is 2.10. The molecule has 3 nitrogen and oxygen atoms in total. The SMILES string of the molecule is Br.CC1=C(c2ccc(Cl)cc2)N2C=C(c3ccc(Cl)cc3)NN=C2S1. The Morgan fingerprint density at radius 3 is 2.08 bits per heavy atom. The maximum Gasteiger partial charge on any atom is 0.196 e. The van der Waals surface area contributed by atoms with E-state index in [9.17, 15) is 0 Å². The van der Waals surface area contributed by atoms with Gasteiger partial charge in [-0.25, -0.2) is 0 Å². The first kappa shape index (κ1) is 18.4. The lowest BCUT2D eigenvalue weighted by Crippen LogP contribution is -2.26. The lowest BCUT2D eigenvalue weighted by atomic mass is 10.1. The molecule has 0 saturated carbocycles. The highest BCUT2D eigenvalue weighted by molar-refractivity contribution is 8.93. The Morgan fingerprint density at radius 1 is 0.920 bits per heavy atom. The Morgan fingerprint density at radius 2 is 1.48 bits per heavy atom. The minimum absolute atomic E-state index is 0. The van der Waals surface area contributed by atoms with Crippen LogP contribution in [0.4, 0.5) is 0 Å². The van der Waals surface area contributed by atoms with Gasteiger partial charge >= 0.3 is 0 Å². The first-order valence-electron chi connectivity index (χ1n) is 7.37. The summed E-state index contributed by atoms with van der Waals surface area (Å²) in [5.74, 6) is 0. The second-order valence-corrected chi connectivity index (χ2v) is 7.49. The first-order chi connectivity index (χ1) is 11.6. The van der Waals surface area contributed by atoms with Gasteiger partial charge in [-0.05, 0) is 36.8 Å². The van der Waals surface area contributed by atoms with E-state index in [1.54, 1.807) is 11.8 Å². The summed E-state index contributed by atoms with van der Waals surface area (Å²) < 4.78 is 0. The molecule has 0 bridgehead atoms. The number of benzene rings is 2. The van der Waals surface area contributed by atoms with Crippen molar-refractivity contribution in [3.05, 3.63) is 80.8 Å². The number of hydrogen-bond acceptors (Lipinski definition) is 4. The lowest BCUT2D eigenvalue weighted by Gasteiger charge is -2.24. The number of hydrazone groups is 1. The Kier molecular flexibility index (Phi) is 5.49. The highest BCUT2D eigenvalue weighted by Crippen LogP contribution is 2.41. The van der Waals surface area contributed by atoms with Crippen molar-refractivity contribution in [1.82, 2.24) is 10.3 Å². The summed E-state index contributed by atoms with van der Waals surface area (Å²) in [6, 6.07) is 15.6. The summed E-state index contributed by atoms with van der Waals surface area (Å²) in [6.07, 6.45) is 2.07. The quantitative estimate of drug-likeness (QED) is 0.586. The van der Waals surface area contributed by atoms with E-state index in [1.807, 2.05) is 48.5 Å². The summed E-state index contributed by atoms with van der Waals surface area (Å²) in [5, 5.41) is 6.86. The number of fused-ring (bicyclic) bond motifs is 1. The maximum atomic E-state index is 6.02. The van der Waals surface area contributed by atoms with E-state index in [2.05, 4.69) is 28.6 Å². The third-order valence-electron chi connectivity index (χ3n) is 3.83. The molecule has 0 aromatic heterocycles. The predicted molar refractivity (Wildman–Crippen MR) is 114 cm³/mol. The van der Waals surface area contributed by atoms with Crippen molar-refractivity contribution in [2.75, 3.05) is 0 Å². The molecule has 1 N–H and O–H groups in total. The van der Waals surface area contributed by atoms with E-state index < -0.39 is 0 Å². The monoisotopic (exact) mass is 453 g/mol. The summed E-state index contributed by atoms with van der Waals surface area (Å²) in [4.78, 5) is 3.32. The van der Waals surface area contributed by atoms with Crippen LogP contribution >= 0.6 is 51.9 Å². The average molecular weight is 455 g/mol. The molecule has 0 fully saturated rings. The van der Waals surface area contributed by atoms with Gasteiger partial charge in [-0.3, -0.25) is 10.3 Å². The molecule has 0 spiro atoms. The molecule has 128 valence electrons. The van der Waals surface area contributed by atoms with E-state index in [0.717, 1.165) is 32.7 Å². The van der Waals surface area contributed by atoms with Gasteiger partial charge in [0.25, 0.3) is 0 Å². The molecule has 2 aliphatic heterocycles. The largest absolute Gasteiger partial charge is 0.291 e. The number of rotatable bonds is 2. The van der Waals surface area contributed by atoms with Crippen LogP contribution in [0.2, 0.25) is 10.0 Å². The van der Waals surface area contributed by atoms with Gasteiger partial charge in [0.15, 0.2) is 5.17 Å². The number of allylic oxidation sites excluding steroid dienone is 1. The minimum atomic E-state index is 0. The van der Waals surface area contributed by atoms with Gasteiger partial charge < -0.3 is 0 Å². The van der Waals surface area contributed by atoms with Gasteiger partial charge in [-0.15, -0.1) is 22.1 Å². The van der Waals surface area contributed by atoms with Crippen molar-refractivity contribution < 1.29 is 0 Å². The van der Waals surface area contributed by atoms with Gasteiger partial charge in [0.05, 0.1) is 11.4 Å². The molecular weight excluding hydrogens is 441 g/mol. The molecule has 2 aromatic carbocycles. The molecule has 25 heavy (non-hydrogen) atoms. The van der Waals surface area contributed by atoms with Crippen molar-refractivity contribution in [2.45, 2.75) is 6.92 Å². The zero-order valence-corrected chi connectivity index (χ0v) is 17.2. The highest BCUT2D eigenvalue weighted by Gasteiger charge is 2.30. The zero-order chi connectivity index (χ0) is 16.7. The zero-order valence-electron chi connectivity index (χ0n) is 13.2. The van der Waals surface area contributed by atoms with Crippen LogP contribution < -0.4 is 5.43 Å². The van der Waals surface area contributed by atoms with E-state index in [4.69, 9.17) is 23.2 Å². The van der Waals surface area contributed by atoms with Crippen molar-refractivity contribution in [3.63, 3.8) is 0 Å². The highest BCUT2D eigenvalue weighted by atomic mass is 79.9. The van der Waals surface area contributed by atoms with Crippen molar-refractivity contribution in [3.8, 4) is 0 Å². The van der Waals surface area contributed by atoms with Crippen LogP contribution in [-0.2, 0) is 0 Å². The second kappa shape index (κ2) is 7.46. The van der Waals surface area contributed by atoms with Crippen molar-refractivity contribution in [1.29, 1.82) is 0 Å². The van der Waals surface area contributed by atoms with Gasteiger partial charge in [-0.2, -0.15) is 0 Å². The smallest absolute Gasteiger partial charge is 0.196 e. The van der Waals surface area contributed by atoms with E-state index >= 15 is 0 Å². The Labute approximate surface area is 171 Å². The molecule has 0 saturated heterocycles.